The van der Waals surface area contributed by atoms with E-state index >= 15 is 0 Å². The molecule has 0 saturated heterocycles. The van der Waals surface area contributed by atoms with Crippen molar-refractivity contribution in [2.75, 3.05) is 0 Å². The monoisotopic (exact) mass is 350 g/mol. The first kappa shape index (κ1) is 21.0. The second-order valence-corrected chi connectivity index (χ2v) is 6.59. The van der Waals surface area contributed by atoms with Gasteiger partial charge in [0.15, 0.2) is 6.10 Å². The van der Waals surface area contributed by atoms with Gasteiger partial charge in [-0.15, -0.1) is 0 Å². The topological polar surface area (TPSA) is 87.7 Å². The van der Waals surface area contributed by atoms with Crippen LogP contribution in [-0.2, 0) is 16.1 Å². The highest BCUT2D eigenvalue weighted by molar-refractivity contribution is 5.82. The van der Waals surface area contributed by atoms with Crippen LogP contribution in [0.25, 0.3) is 0 Å². The van der Waals surface area contributed by atoms with Crippen molar-refractivity contribution in [3.63, 3.8) is 0 Å². The highest BCUT2D eigenvalue weighted by Gasteiger charge is 2.28. The standard InChI is InChI=1S/C19H30N2O4/c1-5-9-16(17(22)18(23)20-14(4)13(2)3)21-19(24)25-12-15-10-7-6-8-11-15/h6-8,10-11,13-14,16-17,22H,5,9,12H2,1-4H3,(H,20,23)(H,21,24)/t14-,16-,17?/m0/s1. The van der Waals surface area contributed by atoms with E-state index in [2.05, 4.69) is 10.6 Å². The molecule has 0 aliphatic heterocycles. The van der Waals surface area contributed by atoms with Gasteiger partial charge in [-0.2, -0.15) is 0 Å². The van der Waals surface area contributed by atoms with Gasteiger partial charge in [-0.1, -0.05) is 57.5 Å². The molecule has 0 heterocycles. The number of carbonyl (C=O) groups excluding carboxylic acids is 2. The molecule has 0 aliphatic carbocycles. The number of aliphatic hydroxyl groups is 1. The van der Waals surface area contributed by atoms with Crippen LogP contribution in [0.3, 0.4) is 0 Å². The highest BCUT2D eigenvalue weighted by Crippen LogP contribution is 2.07. The van der Waals surface area contributed by atoms with Crippen LogP contribution in [0.15, 0.2) is 30.3 Å². The summed E-state index contributed by atoms with van der Waals surface area (Å²) in [5.41, 5.74) is 0.869. The van der Waals surface area contributed by atoms with Gasteiger partial charge in [0.05, 0.1) is 6.04 Å². The molecule has 1 unspecified atom stereocenters. The van der Waals surface area contributed by atoms with Crippen molar-refractivity contribution >= 4 is 12.0 Å². The molecule has 2 amide bonds. The predicted octanol–water partition coefficient (Wildman–Crippen LogP) is 2.60. The molecule has 0 aromatic heterocycles. The van der Waals surface area contributed by atoms with Gasteiger partial charge in [-0.3, -0.25) is 4.79 Å². The Hall–Kier alpha value is -2.08. The van der Waals surface area contributed by atoms with Crippen LogP contribution in [0.4, 0.5) is 4.79 Å². The number of aliphatic hydroxyl groups excluding tert-OH is 1. The minimum absolute atomic E-state index is 0.0607. The Morgan fingerprint density at radius 1 is 1.12 bits per heavy atom. The highest BCUT2D eigenvalue weighted by atomic mass is 16.5. The first-order valence-electron chi connectivity index (χ1n) is 8.80. The number of amides is 2. The molecule has 140 valence electrons. The maximum absolute atomic E-state index is 12.2. The summed E-state index contributed by atoms with van der Waals surface area (Å²) in [6.07, 6.45) is -0.768. The molecule has 1 aromatic rings. The smallest absolute Gasteiger partial charge is 0.407 e. The maximum atomic E-state index is 12.2. The van der Waals surface area contributed by atoms with Gasteiger partial charge >= 0.3 is 6.09 Å². The number of nitrogens with one attached hydrogen (secondary N) is 2. The third-order valence-corrected chi connectivity index (χ3v) is 4.14. The summed E-state index contributed by atoms with van der Waals surface area (Å²) in [5, 5.41) is 15.7. The number of benzene rings is 1. The molecule has 25 heavy (non-hydrogen) atoms. The molecule has 3 atom stereocenters. The van der Waals surface area contributed by atoms with Gasteiger partial charge in [-0.05, 0) is 24.8 Å². The fourth-order valence-electron chi connectivity index (χ4n) is 2.20. The molecule has 6 heteroatoms. The van der Waals surface area contributed by atoms with E-state index in [0.29, 0.717) is 12.8 Å². The van der Waals surface area contributed by atoms with Gasteiger partial charge < -0.3 is 20.5 Å². The minimum Gasteiger partial charge on any atom is -0.445 e. The fourth-order valence-corrected chi connectivity index (χ4v) is 2.20. The van der Waals surface area contributed by atoms with E-state index in [9.17, 15) is 14.7 Å². The molecule has 1 aromatic carbocycles. The number of rotatable bonds is 9. The van der Waals surface area contributed by atoms with Gasteiger partial charge in [0.2, 0.25) is 0 Å². The molecule has 0 spiro atoms. The van der Waals surface area contributed by atoms with E-state index in [1.165, 1.54) is 0 Å². The molecule has 3 N–H and O–H groups in total. The van der Waals surface area contributed by atoms with Crippen LogP contribution >= 0.6 is 0 Å². The van der Waals surface area contributed by atoms with Gasteiger partial charge in [0.1, 0.15) is 6.61 Å². The van der Waals surface area contributed by atoms with Crippen LogP contribution in [-0.4, -0.2) is 35.3 Å². The average molecular weight is 350 g/mol. The maximum Gasteiger partial charge on any atom is 0.407 e. The minimum atomic E-state index is -1.31. The molecule has 0 radical (unpaired) electrons. The Balaban J connectivity index is 2.56. The SMILES string of the molecule is CCC[C@H](NC(=O)OCc1ccccc1)C(O)C(=O)N[C@@H](C)C(C)C. The molecule has 0 saturated carbocycles. The normalized spacial score (nSPS) is 14.5. The van der Waals surface area contributed by atoms with Crippen LogP contribution < -0.4 is 10.6 Å². The second kappa shape index (κ2) is 10.7. The third kappa shape index (κ3) is 7.56. The lowest BCUT2D eigenvalue weighted by molar-refractivity contribution is -0.131. The zero-order valence-corrected chi connectivity index (χ0v) is 15.5. The summed E-state index contributed by atoms with van der Waals surface area (Å²) in [6.45, 7) is 7.91. The van der Waals surface area contributed by atoms with Gasteiger partial charge in [0, 0.05) is 6.04 Å². The lowest BCUT2D eigenvalue weighted by atomic mass is 10.0. The third-order valence-electron chi connectivity index (χ3n) is 4.14. The molecule has 6 nitrogen and oxygen atoms in total. The van der Waals surface area contributed by atoms with Crippen LogP contribution in [0.2, 0.25) is 0 Å². The van der Waals surface area contributed by atoms with E-state index < -0.39 is 24.1 Å². The molecule has 0 bridgehead atoms. The van der Waals surface area contributed by atoms with Gasteiger partial charge in [0.25, 0.3) is 5.91 Å². The van der Waals surface area contributed by atoms with E-state index in [-0.39, 0.29) is 18.6 Å². The van der Waals surface area contributed by atoms with Gasteiger partial charge in [-0.25, -0.2) is 4.79 Å². The summed E-state index contributed by atoms with van der Waals surface area (Å²) in [4.78, 5) is 24.2. The van der Waals surface area contributed by atoms with Crippen molar-refractivity contribution in [1.29, 1.82) is 0 Å². The Bertz CT molecular complexity index is 533. The van der Waals surface area contributed by atoms with Crippen molar-refractivity contribution in [2.24, 2.45) is 5.92 Å². The Labute approximate surface area is 150 Å². The first-order valence-corrected chi connectivity index (χ1v) is 8.80. The predicted molar refractivity (Wildman–Crippen MR) is 96.9 cm³/mol. The Morgan fingerprint density at radius 3 is 2.32 bits per heavy atom. The summed E-state index contributed by atoms with van der Waals surface area (Å²) in [6, 6.07) is 8.57. The summed E-state index contributed by atoms with van der Waals surface area (Å²) in [7, 11) is 0. The number of hydrogen-bond acceptors (Lipinski definition) is 4. The van der Waals surface area contributed by atoms with Crippen LogP contribution in [0, 0.1) is 5.92 Å². The average Bonchev–Trinajstić information content (AvgIpc) is 2.59. The summed E-state index contributed by atoms with van der Waals surface area (Å²) >= 11 is 0. The Kier molecular flexibility index (Phi) is 8.99. The zero-order valence-electron chi connectivity index (χ0n) is 15.5. The number of hydrogen-bond donors (Lipinski definition) is 3. The summed E-state index contributed by atoms with van der Waals surface area (Å²) in [5.74, 6) is -0.229. The lowest BCUT2D eigenvalue weighted by Gasteiger charge is -2.25. The Morgan fingerprint density at radius 2 is 1.76 bits per heavy atom. The van der Waals surface area contributed by atoms with E-state index in [1.54, 1.807) is 0 Å². The fraction of sp³-hybridized carbons (Fsp3) is 0.579. The largest absolute Gasteiger partial charge is 0.445 e. The van der Waals surface area contributed by atoms with Crippen molar-refractivity contribution in [2.45, 2.75) is 65.3 Å². The van der Waals surface area contributed by atoms with E-state index in [4.69, 9.17) is 4.74 Å². The van der Waals surface area contributed by atoms with Crippen molar-refractivity contribution < 1.29 is 19.4 Å². The lowest BCUT2D eigenvalue weighted by Crippen LogP contribution is -2.52. The quantitative estimate of drug-likeness (QED) is 0.639. The molecule has 0 fully saturated rings. The zero-order chi connectivity index (χ0) is 18.8. The van der Waals surface area contributed by atoms with Crippen molar-refractivity contribution in [3.05, 3.63) is 35.9 Å². The second-order valence-electron chi connectivity index (χ2n) is 6.59. The van der Waals surface area contributed by atoms with Crippen LogP contribution in [0.5, 0.6) is 0 Å². The van der Waals surface area contributed by atoms with Crippen molar-refractivity contribution in [1.82, 2.24) is 10.6 Å². The van der Waals surface area contributed by atoms with Crippen molar-refractivity contribution in [3.8, 4) is 0 Å². The number of carbonyl (C=O) groups is 2. The molecule has 1 rings (SSSR count). The molecular formula is C19H30N2O4. The molecule has 0 aliphatic rings. The first-order chi connectivity index (χ1) is 11.8. The number of ether oxygens (including phenoxy) is 1. The number of alkyl carbamates (subject to hydrolysis) is 1. The van der Waals surface area contributed by atoms with E-state index in [1.807, 2.05) is 58.0 Å². The summed E-state index contributed by atoms with van der Waals surface area (Å²) < 4.78 is 5.16. The van der Waals surface area contributed by atoms with Crippen LogP contribution in [0.1, 0.15) is 46.1 Å². The van der Waals surface area contributed by atoms with E-state index in [0.717, 1.165) is 5.56 Å². The molecular weight excluding hydrogens is 320 g/mol.